The molecular weight excluding hydrogens is 1080 g/mol. The van der Waals surface area contributed by atoms with Crippen LogP contribution in [0.15, 0.2) is 36.9 Å². The average molecular weight is 1160 g/mol. The minimum Gasteiger partial charge on any atom is -0.490 e. The monoisotopic (exact) mass is 1160 g/mol. The molecule has 0 spiro atoms. The lowest BCUT2D eigenvalue weighted by atomic mass is 9.91. The van der Waals surface area contributed by atoms with Gasteiger partial charge in [-0.25, -0.2) is 19.1 Å². The van der Waals surface area contributed by atoms with E-state index in [0.717, 1.165) is 32.8 Å². The summed E-state index contributed by atoms with van der Waals surface area (Å²) in [7, 11) is 0. The molecule has 1 aromatic carbocycles. The highest BCUT2D eigenvalue weighted by Crippen LogP contribution is 2.32. The molecule has 0 saturated heterocycles. The first kappa shape index (κ1) is 76.5. The Morgan fingerprint density at radius 1 is 0.525 bits per heavy atom. The smallest absolute Gasteiger partial charge is 0.460 e. The topological polar surface area (TPSA) is 215 Å². The molecule has 0 fully saturated rings. The molecule has 0 atom stereocenters. The third kappa shape index (κ3) is 35.3. The van der Waals surface area contributed by atoms with E-state index in [1.54, 1.807) is 27.7 Å². The Kier molecular flexibility index (Phi) is 36.6. The molecular formula is C56H88F7NO16. The maximum Gasteiger partial charge on any atom is 0.460 e. The number of benzene rings is 1. The van der Waals surface area contributed by atoms with Crippen LogP contribution < -0.4 is 10.1 Å². The highest BCUT2D eigenvalue weighted by atomic mass is 19.4. The van der Waals surface area contributed by atoms with Crippen LogP contribution in [0.25, 0.3) is 0 Å². The van der Waals surface area contributed by atoms with Gasteiger partial charge in [0.1, 0.15) is 52.0 Å². The molecule has 1 rings (SSSR count). The van der Waals surface area contributed by atoms with Crippen molar-refractivity contribution in [2.45, 2.75) is 191 Å². The van der Waals surface area contributed by atoms with E-state index in [1.165, 1.54) is 82.1 Å². The molecule has 0 aliphatic rings. The van der Waals surface area contributed by atoms with Crippen molar-refractivity contribution in [1.82, 2.24) is 5.32 Å². The van der Waals surface area contributed by atoms with Crippen molar-refractivity contribution in [3.8, 4) is 5.75 Å². The Morgan fingerprint density at radius 2 is 0.963 bits per heavy atom. The zero-order chi connectivity index (χ0) is 61.9. The van der Waals surface area contributed by atoms with Gasteiger partial charge in [0.15, 0.2) is 5.60 Å². The van der Waals surface area contributed by atoms with Crippen LogP contribution in [-0.4, -0.2) is 125 Å². The number of amides is 1. The van der Waals surface area contributed by atoms with Gasteiger partial charge in [-0.2, -0.15) is 30.7 Å². The van der Waals surface area contributed by atoms with E-state index >= 15 is 0 Å². The normalized spacial score (nSPS) is 12.0. The lowest BCUT2D eigenvalue weighted by molar-refractivity contribution is -0.378. The van der Waals surface area contributed by atoms with Crippen LogP contribution in [-0.2, 0) is 61.9 Å². The van der Waals surface area contributed by atoms with Crippen LogP contribution in [0.3, 0.4) is 0 Å². The first-order valence-corrected chi connectivity index (χ1v) is 26.8. The highest BCUT2D eigenvalue weighted by molar-refractivity contribution is 6.03. The maximum atomic E-state index is 13.9. The van der Waals surface area contributed by atoms with E-state index in [0.29, 0.717) is 19.4 Å². The fourth-order valence-corrected chi connectivity index (χ4v) is 5.68. The van der Waals surface area contributed by atoms with Crippen LogP contribution in [0, 0.1) is 16.2 Å². The summed E-state index contributed by atoms with van der Waals surface area (Å²) in [4.78, 5) is 81.7. The molecule has 0 radical (unpaired) electrons. The maximum absolute atomic E-state index is 13.9. The van der Waals surface area contributed by atoms with Crippen molar-refractivity contribution >= 4 is 41.7 Å². The second kappa shape index (κ2) is 38.2. The second-order valence-electron chi connectivity index (χ2n) is 20.7. The molecule has 1 aromatic rings. The fourth-order valence-electron chi connectivity index (χ4n) is 5.68. The van der Waals surface area contributed by atoms with Gasteiger partial charge in [-0.15, -0.1) is 0 Å². The van der Waals surface area contributed by atoms with E-state index in [1.807, 2.05) is 34.6 Å². The average Bonchev–Trinajstić information content (AvgIpc) is 3.38. The number of halogens is 7. The number of carbonyl (C=O) groups excluding carboxylic acids is 7. The lowest BCUT2D eigenvalue weighted by Gasteiger charge is -2.27. The Balaban J connectivity index is 0. The van der Waals surface area contributed by atoms with Crippen LogP contribution in [0.1, 0.15) is 177 Å². The molecule has 1 N–H and O–H groups in total. The standard InChI is InChI=1S/C24H29F7O8.C18H36O2.C14H23NO6/c1-6-20(2,3)18(33)37-12-11-36-16-9-7-15(8-10-16)17(32)21(4,5)38-19(34)24(30,31)39-23(28,29)14-35-13-22(25,26)27;1-5-7-8-9-10-11-12-13-14-15-16-20-17(19)18(3,4)6-2;1-5-11(16)19-8-7-15-13(18)21-10-9-20-12(17)14(3,4)6-2/h7-10H,6,11-14H2,1-5H3;5-16H2,1-4H3;5H,1,6-10H2,2-4H3,(H,15,18). The van der Waals surface area contributed by atoms with E-state index in [2.05, 4.69) is 37.8 Å². The first-order valence-electron chi connectivity index (χ1n) is 26.8. The number of ether oxygens (including phenoxy) is 9. The number of Topliss-reactive ketones (excluding diaryl/α,β-unsaturated/α-hetero) is 1. The molecule has 17 nitrogen and oxygen atoms in total. The second-order valence-corrected chi connectivity index (χ2v) is 20.7. The summed E-state index contributed by atoms with van der Waals surface area (Å²) in [5, 5.41) is 2.38. The number of unbranched alkanes of at least 4 members (excludes halogenated alkanes) is 9. The van der Waals surface area contributed by atoms with Crippen LogP contribution in [0.4, 0.5) is 35.5 Å². The Labute approximate surface area is 467 Å². The Morgan fingerprint density at radius 3 is 1.41 bits per heavy atom. The van der Waals surface area contributed by atoms with Gasteiger partial charge < -0.3 is 43.2 Å². The fraction of sp³-hybridized carbons (Fsp3) is 0.732. The van der Waals surface area contributed by atoms with Gasteiger partial charge in [0.2, 0.25) is 5.78 Å². The molecule has 0 aromatic heterocycles. The van der Waals surface area contributed by atoms with Crippen molar-refractivity contribution in [3.05, 3.63) is 42.5 Å². The number of esters is 5. The van der Waals surface area contributed by atoms with Crippen LogP contribution >= 0.6 is 0 Å². The summed E-state index contributed by atoms with van der Waals surface area (Å²) < 4.78 is 132. The van der Waals surface area contributed by atoms with Gasteiger partial charge in [0, 0.05) is 11.6 Å². The Bertz CT molecular complexity index is 2010. The first-order chi connectivity index (χ1) is 37.0. The predicted octanol–water partition coefficient (Wildman–Crippen LogP) is 12.6. The van der Waals surface area contributed by atoms with Gasteiger partial charge in [0.25, 0.3) is 0 Å². The zero-order valence-corrected chi connectivity index (χ0v) is 48.8. The molecule has 80 heavy (non-hydrogen) atoms. The molecule has 24 heteroatoms. The highest BCUT2D eigenvalue weighted by Gasteiger charge is 2.54. The molecule has 0 unspecified atom stereocenters. The molecule has 0 saturated carbocycles. The summed E-state index contributed by atoms with van der Waals surface area (Å²) in [5.41, 5.74) is -3.95. The van der Waals surface area contributed by atoms with Crippen molar-refractivity contribution in [1.29, 1.82) is 0 Å². The van der Waals surface area contributed by atoms with Crippen LogP contribution in [0.2, 0.25) is 0 Å². The van der Waals surface area contributed by atoms with Gasteiger partial charge in [-0.3, -0.25) is 19.2 Å². The third-order valence-corrected chi connectivity index (χ3v) is 12.0. The quantitative estimate of drug-likeness (QED) is 0.0164. The number of carbonyl (C=O) groups is 7. The molecule has 0 aliphatic heterocycles. The summed E-state index contributed by atoms with van der Waals surface area (Å²) in [6, 6.07) is 5.06. The van der Waals surface area contributed by atoms with Crippen molar-refractivity contribution in [2.75, 3.05) is 59.4 Å². The van der Waals surface area contributed by atoms with Crippen molar-refractivity contribution < 1.29 is 107 Å². The number of rotatable bonds is 37. The number of ketones is 1. The van der Waals surface area contributed by atoms with Gasteiger partial charge in [0.05, 0.1) is 29.4 Å². The number of alkyl halides is 7. The zero-order valence-electron chi connectivity index (χ0n) is 48.8. The van der Waals surface area contributed by atoms with Gasteiger partial charge in [-0.05, 0) is 105 Å². The third-order valence-electron chi connectivity index (χ3n) is 12.0. The molecule has 0 heterocycles. The summed E-state index contributed by atoms with van der Waals surface area (Å²) >= 11 is 0. The largest absolute Gasteiger partial charge is 0.490 e. The summed E-state index contributed by atoms with van der Waals surface area (Å²) in [6.07, 6.45) is 0.187. The van der Waals surface area contributed by atoms with Gasteiger partial charge >= 0.3 is 54.3 Å². The minimum absolute atomic E-state index is 0.00112. The summed E-state index contributed by atoms with van der Waals surface area (Å²) in [5.74, 6) is -4.77. The van der Waals surface area contributed by atoms with Crippen LogP contribution in [0.5, 0.6) is 5.75 Å². The SMILES string of the molecule is C=CC(=O)OCCNC(=O)OCCOC(=O)C(C)(C)CC.CCC(C)(C)C(=O)OCCOc1ccc(C(=O)C(C)(C)OC(=O)C(F)(F)OC(F)(F)COCC(F)(F)F)cc1.CCCCCCCCCCCCOC(=O)C(C)(C)CC. The molecule has 1 amide bonds. The van der Waals surface area contributed by atoms with Crippen molar-refractivity contribution in [3.63, 3.8) is 0 Å². The Hall–Kier alpha value is -5.52. The number of hydrogen-bond acceptors (Lipinski definition) is 16. The summed E-state index contributed by atoms with van der Waals surface area (Å²) in [6.45, 7) is 20.3. The number of nitrogens with one attached hydrogen (secondary N) is 1. The van der Waals surface area contributed by atoms with Gasteiger partial charge in [-0.1, -0.05) is 92.1 Å². The van der Waals surface area contributed by atoms with E-state index in [4.69, 9.17) is 23.7 Å². The van der Waals surface area contributed by atoms with E-state index < -0.39 is 77.8 Å². The minimum atomic E-state index is -5.34. The van der Waals surface area contributed by atoms with E-state index in [-0.39, 0.29) is 68.2 Å². The predicted molar refractivity (Wildman–Crippen MR) is 282 cm³/mol. The number of alkyl carbamates (subject to hydrolysis) is 1. The lowest BCUT2D eigenvalue weighted by Crippen LogP contribution is -2.47. The van der Waals surface area contributed by atoms with E-state index in [9.17, 15) is 64.3 Å². The molecule has 0 bridgehead atoms. The number of hydrogen-bond donors (Lipinski definition) is 1. The molecule has 462 valence electrons. The molecule has 0 aliphatic carbocycles. The van der Waals surface area contributed by atoms with Crippen molar-refractivity contribution in [2.24, 2.45) is 16.2 Å².